The summed E-state index contributed by atoms with van der Waals surface area (Å²) in [6, 6.07) is 11.9. The van der Waals surface area contributed by atoms with Gasteiger partial charge >= 0.3 is 0 Å². The molecule has 1 amide bonds. The molecule has 0 radical (unpaired) electrons. The second kappa shape index (κ2) is 8.26. The Hall–Kier alpha value is -2.19. The van der Waals surface area contributed by atoms with Crippen molar-refractivity contribution in [3.8, 4) is 5.75 Å². The zero-order chi connectivity index (χ0) is 17.6. The van der Waals surface area contributed by atoms with Gasteiger partial charge in [-0.25, -0.2) is 4.39 Å². The number of halogens is 2. The van der Waals surface area contributed by atoms with Gasteiger partial charge in [0.2, 0.25) is 5.91 Å². The fourth-order valence-electron chi connectivity index (χ4n) is 2.05. The predicted molar refractivity (Wildman–Crippen MR) is 101 cm³/mol. The van der Waals surface area contributed by atoms with Crippen molar-refractivity contribution in [1.29, 1.82) is 0 Å². The largest absolute Gasteiger partial charge is 0.488 e. The highest BCUT2D eigenvalue weighted by Gasteiger charge is 2.16. The van der Waals surface area contributed by atoms with E-state index in [4.69, 9.17) is 4.74 Å². The lowest BCUT2D eigenvalue weighted by Gasteiger charge is -2.10. The van der Waals surface area contributed by atoms with Crippen molar-refractivity contribution in [2.24, 2.45) is 10.2 Å². The van der Waals surface area contributed by atoms with E-state index in [1.54, 1.807) is 24.3 Å². The van der Waals surface area contributed by atoms with Gasteiger partial charge in [-0.05, 0) is 24.3 Å². The molecule has 0 saturated carbocycles. The Morgan fingerprint density at radius 1 is 1.32 bits per heavy atom. The van der Waals surface area contributed by atoms with Crippen molar-refractivity contribution >= 4 is 45.0 Å². The van der Waals surface area contributed by atoms with E-state index in [0.717, 1.165) is 4.47 Å². The van der Waals surface area contributed by atoms with Gasteiger partial charge in [-0.2, -0.15) is 5.10 Å². The lowest BCUT2D eigenvalue weighted by molar-refractivity contribution is -0.116. The Morgan fingerprint density at radius 2 is 2.16 bits per heavy atom. The van der Waals surface area contributed by atoms with Gasteiger partial charge in [0, 0.05) is 15.6 Å². The first kappa shape index (κ1) is 17.6. The minimum absolute atomic E-state index is 0.0877. The minimum atomic E-state index is -0.310. The molecular formula is C17H13BrFN3O2S. The summed E-state index contributed by atoms with van der Waals surface area (Å²) in [5, 5.41) is 11.0. The van der Waals surface area contributed by atoms with Crippen LogP contribution in [0.15, 0.2) is 57.1 Å². The van der Waals surface area contributed by atoms with Crippen molar-refractivity contribution < 1.29 is 13.9 Å². The number of carbonyl (C=O) groups excluding carboxylic acids is 1. The molecule has 8 heteroatoms. The number of amidine groups is 1. The highest BCUT2D eigenvalue weighted by Crippen LogP contribution is 2.23. The smallest absolute Gasteiger partial charge is 0.236 e. The van der Waals surface area contributed by atoms with Crippen molar-refractivity contribution in [2.45, 2.75) is 6.61 Å². The third-order valence-electron chi connectivity index (χ3n) is 3.24. The van der Waals surface area contributed by atoms with Gasteiger partial charge in [-0.15, -0.1) is 5.10 Å². The summed E-state index contributed by atoms with van der Waals surface area (Å²) in [5.41, 5.74) is 1.16. The monoisotopic (exact) mass is 421 g/mol. The molecule has 3 rings (SSSR count). The summed E-state index contributed by atoms with van der Waals surface area (Å²) in [5.74, 6) is 0.506. The number of carbonyl (C=O) groups is 1. The lowest BCUT2D eigenvalue weighted by Crippen LogP contribution is -2.19. The normalized spacial score (nSPS) is 15.8. The summed E-state index contributed by atoms with van der Waals surface area (Å²) in [7, 11) is 0. The average Bonchev–Trinajstić information content (AvgIpc) is 3.01. The van der Waals surface area contributed by atoms with Gasteiger partial charge in [0.05, 0.1) is 12.0 Å². The van der Waals surface area contributed by atoms with E-state index in [1.807, 2.05) is 12.1 Å². The molecule has 1 heterocycles. The molecule has 2 aromatic rings. The molecule has 0 spiro atoms. The Labute approximate surface area is 156 Å². The van der Waals surface area contributed by atoms with Gasteiger partial charge in [-0.3, -0.25) is 4.79 Å². The van der Waals surface area contributed by atoms with Crippen LogP contribution in [0.1, 0.15) is 11.1 Å². The van der Waals surface area contributed by atoms with Gasteiger partial charge in [0.1, 0.15) is 18.2 Å². The highest BCUT2D eigenvalue weighted by molar-refractivity contribution is 9.10. The zero-order valence-corrected chi connectivity index (χ0v) is 15.3. The number of ether oxygens (including phenoxy) is 1. The Balaban J connectivity index is 1.74. The van der Waals surface area contributed by atoms with E-state index < -0.39 is 0 Å². The van der Waals surface area contributed by atoms with E-state index in [9.17, 15) is 9.18 Å². The quantitative estimate of drug-likeness (QED) is 0.590. The first-order valence-electron chi connectivity index (χ1n) is 7.31. The summed E-state index contributed by atoms with van der Waals surface area (Å²) >= 11 is 4.69. The van der Waals surface area contributed by atoms with Crippen molar-refractivity contribution in [3.05, 3.63) is 63.9 Å². The molecule has 0 unspecified atom stereocenters. The number of rotatable bonds is 5. The SMILES string of the molecule is O=C1CSC(=NN=Cc2cc(Br)ccc2OCc2ccccc2F)N1. The molecular weight excluding hydrogens is 409 g/mol. The van der Waals surface area contributed by atoms with E-state index in [2.05, 4.69) is 31.4 Å². The standard InChI is InChI=1S/C17H13BrFN3O2S/c18-13-5-6-15(24-9-11-3-1-2-4-14(11)19)12(7-13)8-20-22-17-21-16(23)10-25-17/h1-8H,9-10H2,(H,21,22,23). The minimum Gasteiger partial charge on any atom is -0.488 e. The maximum Gasteiger partial charge on any atom is 0.236 e. The molecule has 2 aromatic carbocycles. The van der Waals surface area contributed by atoms with Crippen LogP contribution in [0.2, 0.25) is 0 Å². The lowest BCUT2D eigenvalue weighted by atomic mass is 10.2. The second-order valence-electron chi connectivity index (χ2n) is 5.05. The van der Waals surface area contributed by atoms with Gasteiger partial charge in [0.25, 0.3) is 0 Å². The molecule has 5 nitrogen and oxygen atoms in total. The third kappa shape index (κ3) is 4.90. The Bertz CT molecular complexity index is 858. The number of nitrogens with one attached hydrogen (secondary N) is 1. The molecule has 0 aromatic heterocycles. The van der Waals surface area contributed by atoms with Crippen LogP contribution in [0, 0.1) is 5.82 Å². The van der Waals surface area contributed by atoms with Crippen LogP contribution in [-0.2, 0) is 11.4 Å². The first-order chi connectivity index (χ1) is 12.1. The number of hydrogen-bond donors (Lipinski definition) is 1. The van der Waals surface area contributed by atoms with Crippen molar-refractivity contribution in [2.75, 3.05) is 5.75 Å². The fourth-order valence-corrected chi connectivity index (χ4v) is 3.05. The second-order valence-corrected chi connectivity index (χ2v) is 6.93. The number of amides is 1. The third-order valence-corrected chi connectivity index (χ3v) is 4.60. The molecule has 25 heavy (non-hydrogen) atoms. The maximum absolute atomic E-state index is 13.7. The molecule has 1 aliphatic rings. The van der Waals surface area contributed by atoms with Gasteiger partial charge in [-0.1, -0.05) is 45.9 Å². The highest BCUT2D eigenvalue weighted by atomic mass is 79.9. The van der Waals surface area contributed by atoms with Crippen LogP contribution < -0.4 is 10.1 Å². The van der Waals surface area contributed by atoms with Crippen LogP contribution >= 0.6 is 27.7 Å². The predicted octanol–water partition coefficient (Wildman–Crippen LogP) is 3.72. The van der Waals surface area contributed by atoms with E-state index in [-0.39, 0.29) is 18.3 Å². The molecule has 1 N–H and O–H groups in total. The molecule has 1 saturated heterocycles. The van der Waals surface area contributed by atoms with Crippen LogP contribution in [0.5, 0.6) is 5.75 Å². The fraction of sp³-hybridized carbons (Fsp3) is 0.118. The van der Waals surface area contributed by atoms with E-state index in [1.165, 1.54) is 24.0 Å². The molecule has 0 atom stereocenters. The van der Waals surface area contributed by atoms with E-state index >= 15 is 0 Å². The molecule has 1 fully saturated rings. The maximum atomic E-state index is 13.7. The number of thioether (sulfide) groups is 1. The molecule has 1 aliphatic heterocycles. The Kier molecular flexibility index (Phi) is 5.83. The first-order valence-corrected chi connectivity index (χ1v) is 9.09. The average molecular weight is 422 g/mol. The molecule has 0 aliphatic carbocycles. The van der Waals surface area contributed by atoms with Crippen LogP contribution in [0.3, 0.4) is 0 Å². The van der Waals surface area contributed by atoms with Crippen LogP contribution in [0.25, 0.3) is 0 Å². The Morgan fingerprint density at radius 3 is 2.92 bits per heavy atom. The van der Waals surface area contributed by atoms with Crippen LogP contribution in [-0.4, -0.2) is 23.0 Å². The summed E-state index contributed by atoms with van der Waals surface area (Å²) < 4.78 is 20.3. The van der Waals surface area contributed by atoms with E-state index in [0.29, 0.717) is 27.8 Å². The van der Waals surface area contributed by atoms with Crippen molar-refractivity contribution in [1.82, 2.24) is 5.32 Å². The number of hydrogen-bond acceptors (Lipinski definition) is 5. The zero-order valence-electron chi connectivity index (χ0n) is 12.9. The van der Waals surface area contributed by atoms with Gasteiger partial charge < -0.3 is 10.1 Å². The van der Waals surface area contributed by atoms with Gasteiger partial charge in [0.15, 0.2) is 5.17 Å². The number of nitrogens with zero attached hydrogens (tertiary/aromatic N) is 2. The molecule has 128 valence electrons. The van der Waals surface area contributed by atoms with Crippen LogP contribution in [0.4, 0.5) is 4.39 Å². The summed E-state index contributed by atoms with van der Waals surface area (Å²) in [6.07, 6.45) is 1.53. The summed E-state index contributed by atoms with van der Waals surface area (Å²) in [6.45, 7) is 0.107. The molecule has 0 bridgehead atoms. The van der Waals surface area contributed by atoms with Crippen molar-refractivity contribution in [3.63, 3.8) is 0 Å². The topological polar surface area (TPSA) is 63.0 Å². The summed E-state index contributed by atoms with van der Waals surface area (Å²) in [4.78, 5) is 11.1. The number of benzene rings is 2.